The van der Waals surface area contributed by atoms with E-state index in [1.54, 1.807) is 22.9 Å². The van der Waals surface area contributed by atoms with E-state index in [1.807, 2.05) is 42.6 Å². The van der Waals surface area contributed by atoms with Crippen LogP contribution < -0.4 is 16.4 Å². The van der Waals surface area contributed by atoms with Gasteiger partial charge in [-0.1, -0.05) is 6.07 Å². The molecule has 230 valence electrons. The fraction of sp³-hybridized carbons (Fsp3) is 0.333. The van der Waals surface area contributed by atoms with Gasteiger partial charge < -0.3 is 25.8 Å². The summed E-state index contributed by atoms with van der Waals surface area (Å²) in [5, 5.41) is 5.98. The number of anilines is 3. The minimum absolute atomic E-state index is 0.0323. The molecule has 1 aromatic carbocycles. The molecular weight excluding hydrogens is 573 g/mol. The topological polar surface area (TPSA) is 122 Å². The van der Waals surface area contributed by atoms with Crippen molar-refractivity contribution in [2.24, 2.45) is 0 Å². The van der Waals surface area contributed by atoms with E-state index in [1.165, 1.54) is 18.5 Å². The summed E-state index contributed by atoms with van der Waals surface area (Å²) in [4.78, 5) is 30.2. The third-order valence-electron chi connectivity index (χ3n) is 7.93. The number of hydrogen-bond acceptors (Lipinski definition) is 7. The van der Waals surface area contributed by atoms with Crippen LogP contribution in [0, 0.1) is 0 Å². The predicted molar refractivity (Wildman–Crippen MR) is 163 cm³/mol. The van der Waals surface area contributed by atoms with Gasteiger partial charge in [0.15, 0.2) is 5.65 Å². The molecular formula is C30H33F3N10O. The largest absolute Gasteiger partial charge is 0.416 e. The van der Waals surface area contributed by atoms with E-state index < -0.39 is 17.8 Å². The van der Waals surface area contributed by atoms with Crippen LogP contribution in [0.4, 0.5) is 35.2 Å². The molecule has 2 amide bonds. The summed E-state index contributed by atoms with van der Waals surface area (Å²) in [7, 11) is 1.99. The lowest BCUT2D eigenvalue weighted by atomic mass is 10.0. The molecule has 5 aromatic rings. The first-order valence-corrected chi connectivity index (χ1v) is 14.3. The summed E-state index contributed by atoms with van der Waals surface area (Å²) >= 11 is 0. The first-order valence-electron chi connectivity index (χ1n) is 14.3. The molecule has 6 rings (SSSR count). The summed E-state index contributed by atoms with van der Waals surface area (Å²) in [6.07, 6.45) is 2.16. The maximum atomic E-state index is 14.0. The van der Waals surface area contributed by atoms with Gasteiger partial charge in [-0.25, -0.2) is 19.7 Å². The van der Waals surface area contributed by atoms with Crippen LogP contribution >= 0.6 is 0 Å². The van der Waals surface area contributed by atoms with Crippen LogP contribution in [0.2, 0.25) is 0 Å². The van der Waals surface area contributed by atoms with Crippen LogP contribution in [-0.4, -0.2) is 73.0 Å². The van der Waals surface area contributed by atoms with Crippen LogP contribution in [-0.2, 0) is 12.7 Å². The van der Waals surface area contributed by atoms with Crippen molar-refractivity contribution in [1.29, 1.82) is 0 Å². The minimum atomic E-state index is -4.57. The molecule has 4 aromatic heterocycles. The third-order valence-corrected chi connectivity index (χ3v) is 7.93. The van der Waals surface area contributed by atoms with Gasteiger partial charge in [0.05, 0.1) is 22.3 Å². The van der Waals surface area contributed by atoms with E-state index >= 15 is 0 Å². The van der Waals surface area contributed by atoms with Gasteiger partial charge in [-0.05, 0) is 50.7 Å². The summed E-state index contributed by atoms with van der Waals surface area (Å²) < 4.78 is 45.9. The number of alkyl halides is 3. The fourth-order valence-corrected chi connectivity index (χ4v) is 5.62. The Hall–Kier alpha value is -4.69. The lowest BCUT2D eigenvalue weighted by molar-refractivity contribution is -0.138. The molecule has 1 aliphatic heterocycles. The smallest absolute Gasteiger partial charge is 0.383 e. The van der Waals surface area contributed by atoms with Crippen molar-refractivity contribution >= 4 is 39.9 Å². The second kappa shape index (κ2) is 11.4. The van der Waals surface area contributed by atoms with Crippen molar-refractivity contribution in [1.82, 2.24) is 33.7 Å². The van der Waals surface area contributed by atoms with Crippen molar-refractivity contribution in [3.8, 4) is 11.3 Å². The molecule has 0 radical (unpaired) electrons. The molecule has 0 saturated carbocycles. The number of imidazole rings is 1. The van der Waals surface area contributed by atoms with Gasteiger partial charge in [0.25, 0.3) is 0 Å². The predicted octanol–water partition coefficient (Wildman–Crippen LogP) is 5.32. The van der Waals surface area contributed by atoms with Gasteiger partial charge >= 0.3 is 12.2 Å². The maximum absolute atomic E-state index is 14.0. The number of pyridine rings is 1. The first kappa shape index (κ1) is 29.4. The molecule has 0 unspecified atom stereocenters. The number of nitrogens with two attached hydrogens (primary N) is 1. The molecule has 1 aliphatic rings. The number of urea groups is 1. The number of nitrogens with zero attached hydrogens (tertiary/aromatic N) is 7. The van der Waals surface area contributed by atoms with Crippen LogP contribution in [0.15, 0.2) is 55.2 Å². The number of rotatable bonds is 6. The second-order valence-corrected chi connectivity index (χ2v) is 11.3. The summed E-state index contributed by atoms with van der Waals surface area (Å²) in [5.74, 6) is 0.340. The Labute approximate surface area is 251 Å². The summed E-state index contributed by atoms with van der Waals surface area (Å²) in [6, 6.07) is 6.82. The van der Waals surface area contributed by atoms with E-state index in [0.717, 1.165) is 30.4 Å². The zero-order chi connectivity index (χ0) is 31.2. The number of fused-ring (bicyclic) bond motifs is 2. The maximum Gasteiger partial charge on any atom is 0.416 e. The van der Waals surface area contributed by atoms with Crippen LogP contribution in [0.3, 0.4) is 0 Å². The van der Waals surface area contributed by atoms with Gasteiger partial charge in [-0.3, -0.25) is 9.30 Å². The minimum Gasteiger partial charge on any atom is -0.383 e. The molecule has 1 fully saturated rings. The Bertz CT molecular complexity index is 1840. The van der Waals surface area contributed by atoms with Crippen molar-refractivity contribution in [3.63, 3.8) is 0 Å². The molecule has 11 nitrogen and oxygen atoms in total. The number of carbonyl (C=O) groups is 1. The molecule has 0 aliphatic carbocycles. The number of nitrogen functional groups attached to an aromatic ring is 1. The van der Waals surface area contributed by atoms with Gasteiger partial charge in [0.2, 0.25) is 0 Å². The highest BCUT2D eigenvalue weighted by molar-refractivity contribution is 6.03. The van der Waals surface area contributed by atoms with Crippen molar-refractivity contribution in [2.75, 3.05) is 49.6 Å². The van der Waals surface area contributed by atoms with E-state index in [9.17, 15) is 18.0 Å². The second-order valence-electron chi connectivity index (χ2n) is 11.3. The molecule has 0 atom stereocenters. The molecule has 0 bridgehead atoms. The normalized spacial score (nSPS) is 15.0. The van der Waals surface area contributed by atoms with Gasteiger partial charge in [-0.2, -0.15) is 13.2 Å². The number of halogens is 3. The zero-order valence-corrected chi connectivity index (χ0v) is 24.6. The number of carbonyl (C=O) groups excluding carboxylic acids is 1. The Morgan fingerprint density at radius 1 is 1.02 bits per heavy atom. The average Bonchev–Trinajstić information content (AvgIpc) is 3.62. The van der Waals surface area contributed by atoms with Crippen molar-refractivity contribution in [2.45, 2.75) is 32.6 Å². The Morgan fingerprint density at radius 2 is 1.80 bits per heavy atom. The van der Waals surface area contributed by atoms with Gasteiger partial charge in [-0.15, -0.1) is 0 Å². The number of benzene rings is 1. The monoisotopic (exact) mass is 606 g/mol. The first-order chi connectivity index (χ1) is 21.0. The van der Waals surface area contributed by atoms with Gasteiger partial charge in [0.1, 0.15) is 17.8 Å². The van der Waals surface area contributed by atoms with Crippen molar-refractivity contribution in [3.05, 3.63) is 66.4 Å². The number of likely N-dealkylation sites (N-methyl/N-ethyl adjacent to an activating group) is 1. The van der Waals surface area contributed by atoms with Crippen molar-refractivity contribution < 1.29 is 18.0 Å². The van der Waals surface area contributed by atoms with Crippen LogP contribution in [0.1, 0.15) is 31.0 Å². The summed E-state index contributed by atoms with van der Waals surface area (Å²) in [5.41, 5.74) is 8.76. The molecule has 5 heterocycles. The number of nitrogens with one attached hydrogen (secondary N) is 2. The Kier molecular flexibility index (Phi) is 7.63. The Morgan fingerprint density at radius 3 is 2.52 bits per heavy atom. The number of piperazine rings is 1. The molecule has 1 saturated heterocycles. The fourth-order valence-electron chi connectivity index (χ4n) is 5.62. The highest BCUT2D eigenvalue weighted by Gasteiger charge is 2.34. The number of amides is 2. The quantitative estimate of drug-likeness (QED) is 0.239. The Balaban J connectivity index is 1.25. The molecule has 44 heavy (non-hydrogen) atoms. The van der Waals surface area contributed by atoms with E-state index in [2.05, 4.69) is 30.5 Å². The number of aromatic nitrogens is 5. The highest BCUT2D eigenvalue weighted by Crippen LogP contribution is 2.37. The molecule has 0 spiro atoms. The zero-order valence-electron chi connectivity index (χ0n) is 24.6. The SMILES string of the molecule is CC(C)n1cc(-c2ccc(NC(=O)Nc3ccc(CN4CCN(C)CC4)c(C(F)(F)F)c3)c3nccn23)c2c(N)ncnc21. The standard InChI is InChI=1S/C30H33F3N10O/c1-18(2)43-16-21(25-26(34)36-17-37-28(25)43)24-7-6-23(27-35-8-9-42(24)27)39-29(44)38-20-5-4-19(22(14-20)30(31,32)33)15-41-12-10-40(3)11-13-41/h4-9,14,16-18H,10-13,15H2,1-3H3,(H2,34,36,37)(H2,38,39,44). The van der Waals surface area contributed by atoms with Crippen LogP contribution in [0.5, 0.6) is 0 Å². The summed E-state index contributed by atoms with van der Waals surface area (Å²) in [6.45, 7) is 7.26. The van der Waals surface area contributed by atoms with E-state index in [-0.39, 0.29) is 23.8 Å². The average molecular weight is 607 g/mol. The van der Waals surface area contributed by atoms with Crippen LogP contribution in [0.25, 0.3) is 27.9 Å². The third kappa shape index (κ3) is 5.65. The number of hydrogen-bond donors (Lipinski definition) is 3. The lowest BCUT2D eigenvalue weighted by Crippen LogP contribution is -2.44. The van der Waals surface area contributed by atoms with Gasteiger partial charge in [0, 0.05) is 68.6 Å². The van der Waals surface area contributed by atoms with E-state index in [0.29, 0.717) is 41.3 Å². The lowest BCUT2D eigenvalue weighted by Gasteiger charge is -2.33. The highest BCUT2D eigenvalue weighted by atomic mass is 19.4. The molecule has 14 heteroatoms. The van der Waals surface area contributed by atoms with E-state index in [4.69, 9.17) is 5.73 Å². The molecule has 4 N–H and O–H groups in total.